The summed E-state index contributed by atoms with van der Waals surface area (Å²) in [6.07, 6.45) is 2.15. The highest BCUT2D eigenvalue weighted by Gasteiger charge is 2.43. The van der Waals surface area contributed by atoms with Crippen LogP contribution < -0.4 is 11.1 Å². The summed E-state index contributed by atoms with van der Waals surface area (Å²) in [5, 5.41) is 3.34. The highest BCUT2D eigenvalue weighted by Crippen LogP contribution is 2.37. The first-order chi connectivity index (χ1) is 11.0. The topological polar surface area (TPSA) is 75.4 Å². The van der Waals surface area contributed by atoms with E-state index >= 15 is 0 Å². The summed E-state index contributed by atoms with van der Waals surface area (Å²) < 4.78 is 0. The third-order valence-corrected chi connectivity index (χ3v) is 5.30. The number of benzene rings is 1. The van der Waals surface area contributed by atoms with Gasteiger partial charge in [-0.05, 0) is 55.9 Å². The van der Waals surface area contributed by atoms with Gasteiger partial charge in [0.05, 0.1) is 0 Å². The summed E-state index contributed by atoms with van der Waals surface area (Å²) in [4.78, 5) is 26.6. The number of halogens is 2. The van der Waals surface area contributed by atoms with Crippen LogP contribution in [0.3, 0.4) is 0 Å². The quantitative estimate of drug-likeness (QED) is 0.853. The number of rotatable bonds is 3. The van der Waals surface area contributed by atoms with Crippen molar-refractivity contribution in [3.63, 3.8) is 0 Å². The predicted molar refractivity (Wildman–Crippen MR) is 96.4 cm³/mol. The Hall–Kier alpha value is -1.30. The molecule has 1 aliphatic heterocycles. The fourth-order valence-electron chi connectivity index (χ4n) is 3.70. The van der Waals surface area contributed by atoms with Gasteiger partial charge in [0.25, 0.3) is 5.91 Å². The molecule has 0 spiro atoms. The number of nitrogens with one attached hydrogen (secondary N) is 1. The maximum Gasteiger partial charge on any atom is 0.251 e. The summed E-state index contributed by atoms with van der Waals surface area (Å²) in [6.45, 7) is 3.20. The Morgan fingerprint density at radius 1 is 1.25 bits per heavy atom. The minimum Gasteiger partial charge on any atom is -0.341 e. The van der Waals surface area contributed by atoms with Gasteiger partial charge in [0, 0.05) is 29.7 Å². The van der Waals surface area contributed by atoms with Crippen LogP contribution >= 0.6 is 24.0 Å². The van der Waals surface area contributed by atoms with E-state index in [-0.39, 0.29) is 30.3 Å². The number of amides is 2. The van der Waals surface area contributed by atoms with Gasteiger partial charge in [0.1, 0.15) is 6.04 Å². The standard InChI is InChI=1S/C17H22ClN3O2.ClH/c1-10(20-16(22)11-2-5-13(18)6-3-11)17(23)21-8-12-4-7-15(19)14(12)9-21;/h2-3,5-6,10,12,14-15H,4,7-9,19H2,1H3,(H,20,22);1H. The number of carbonyl (C=O) groups is 2. The zero-order valence-electron chi connectivity index (χ0n) is 13.6. The van der Waals surface area contributed by atoms with Crippen molar-refractivity contribution in [2.75, 3.05) is 13.1 Å². The van der Waals surface area contributed by atoms with Crippen molar-refractivity contribution in [2.24, 2.45) is 17.6 Å². The molecule has 5 nitrogen and oxygen atoms in total. The van der Waals surface area contributed by atoms with Crippen LogP contribution in [-0.4, -0.2) is 41.9 Å². The van der Waals surface area contributed by atoms with Crippen molar-refractivity contribution in [2.45, 2.75) is 31.8 Å². The molecular formula is C17H23Cl2N3O2. The third kappa shape index (κ3) is 3.85. The van der Waals surface area contributed by atoms with E-state index in [1.54, 1.807) is 31.2 Å². The van der Waals surface area contributed by atoms with Crippen LogP contribution in [0.15, 0.2) is 24.3 Å². The minimum atomic E-state index is -0.548. The van der Waals surface area contributed by atoms with E-state index in [0.717, 1.165) is 19.4 Å². The molecule has 2 fully saturated rings. The maximum atomic E-state index is 12.6. The monoisotopic (exact) mass is 371 g/mol. The van der Waals surface area contributed by atoms with E-state index in [0.29, 0.717) is 29.0 Å². The number of hydrogen-bond donors (Lipinski definition) is 2. The highest BCUT2D eigenvalue weighted by atomic mass is 35.5. The average Bonchev–Trinajstić information content (AvgIpc) is 3.09. The van der Waals surface area contributed by atoms with Crippen molar-refractivity contribution in [3.8, 4) is 0 Å². The second-order valence-corrected chi connectivity index (χ2v) is 7.05. The first kappa shape index (κ1) is 19.0. The van der Waals surface area contributed by atoms with Gasteiger partial charge < -0.3 is 16.0 Å². The van der Waals surface area contributed by atoms with E-state index in [4.69, 9.17) is 17.3 Å². The molecule has 3 rings (SSSR count). The number of fused-ring (bicyclic) bond motifs is 1. The summed E-state index contributed by atoms with van der Waals surface area (Å²) in [5.41, 5.74) is 6.60. The molecule has 132 valence electrons. The Morgan fingerprint density at radius 3 is 2.54 bits per heavy atom. The van der Waals surface area contributed by atoms with Crippen molar-refractivity contribution < 1.29 is 9.59 Å². The molecule has 1 aromatic rings. The number of likely N-dealkylation sites (tertiary alicyclic amines) is 1. The molecule has 1 aromatic carbocycles. The molecule has 3 N–H and O–H groups in total. The maximum absolute atomic E-state index is 12.6. The molecule has 1 aliphatic carbocycles. The van der Waals surface area contributed by atoms with Crippen LogP contribution in [0.4, 0.5) is 0 Å². The number of nitrogens with two attached hydrogens (primary N) is 1. The Labute approximate surface area is 153 Å². The number of nitrogens with zero attached hydrogens (tertiary/aromatic N) is 1. The van der Waals surface area contributed by atoms with E-state index in [2.05, 4.69) is 5.32 Å². The van der Waals surface area contributed by atoms with Gasteiger partial charge in [0.2, 0.25) is 5.91 Å². The Kier molecular flexibility index (Phi) is 6.12. The van der Waals surface area contributed by atoms with Crippen LogP contribution in [-0.2, 0) is 4.79 Å². The molecule has 2 amide bonds. The van der Waals surface area contributed by atoms with Crippen molar-refractivity contribution in [3.05, 3.63) is 34.9 Å². The van der Waals surface area contributed by atoms with Crippen molar-refractivity contribution in [1.82, 2.24) is 10.2 Å². The molecule has 0 bridgehead atoms. The molecule has 1 heterocycles. The fraction of sp³-hybridized carbons (Fsp3) is 0.529. The van der Waals surface area contributed by atoms with Gasteiger partial charge in [-0.15, -0.1) is 12.4 Å². The van der Waals surface area contributed by atoms with Crippen LogP contribution in [0.5, 0.6) is 0 Å². The smallest absolute Gasteiger partial charge is 0.251 e. The van der Waals surface area contributed by atoms with E-state index in [9.17, 15) is 9.59 Å². The minimum absolute atomic E-state index is 0. The average molecular weight is 372 g/mol. The molecule has 0 aromatic heterocycles. The zero-order valence-corrected chi connectivity index (χ0v) is 15.1. The molecule has 2 aliphatic rings. The third-order valence-electron chi connectivity index (χ3n) is 5.05. The molecule has 0 radical (unpaired) electrons. The largest absolute Gasteiger partial charge is 0.341 e. The fourth-order valence-corrected chi connectivity index (χ4v) is 3.83. The van der Waals surface area contributed by atoms with Gasteiger partial charge in [0.15, 0.2) is 0 Å². The van der Waals surface area contributed by atoms with Crippen LogP contribution in [0.2, 0.25) is 5.02 Å². The van der Waals surface area contributed by atoms with Gasteiger partial charge in [-0.25, -0.2) is 0 Å². The summed E-state index contributed by atoms with van der Waals surface area (Å²) in [6, 6.07) is 6.27. The summed E-state index contributed by atoms with van der Waals surface area (Å²) in [7, 11) is 0. The van der Waals surface area contributed by atoms with Crippen molar-refractivity contribution >= 4 is 35.8 Å². The Morgan fingerprint density at radius 2 is 1.92 bits per heavy atom. The second-order valence-electron chi connectivity index (χ2n) is 6.61. The lowest BCUT2D eigenvalue weighted by Crippen LogP contribution is -2.46. The lowest BCUT2D eigenvalue weighted by atomic mass is 9.98. The van der Waals surface area contributed by atoms with E-state index in [1.807, 2.05) is 4.90 Å². The van der Waals surface area contributed by atoms with Crippen molar-refractivity contribution in [1.29, 1.82) is 0 Å². The molecule has 1 saturated heterocycles. The van der Waals surface area contributed by atoms with E-state index < -0.39 is 6.04 Å². The van der Waals surface area contributed by atoms with Crippen LogP contribution in [0.25, 0.3) is 0 Å². The molecule has 4 atom stereocenters. The second kappa shape index (κ2) is 7.72. The normalized spacial score (nSPS) is 26.5. The van der Waals surface area contributed by atoms with Gasteiger partial charge in [-0.3, -0.25) is 9.59 Å². The van der Waals surface area contributed by atoms with E-state index in [1.165, 1.54) is 0 Å². The first-order valence-electron chi connectivity index (χ1n) is 8.06. The number of hydrogen-bond acceptors (Lipinski definition) is 3. The van der Waals surface area contributed by atoms with Gasteiger partial charge >= 0.3 is 0 Å². The van der Waals surface area contributed by atoms with Gasteiger partial charge in [-0.2, -0.15) is 0 Å². The molecular weight excluding hydrogens is 349 g/mol. The molecule has 7 heteroatoms. The molecule has 1 saturated carbocycles. The van der Waals surface area contributed by atoms with Crippen LogP contribution in [0.1, 0.15) is 30.1 Å². The molecule has 4 unspecified atom stereocenters. The highest BCUT2D eigenvalue weighted by molar-refractivity contribution is 6.30. The Balaban J connectivity index is 0.00000208. The number of carbonyl (C=O) groups excluding carboxylic acids is 2. The summed E-state index contributed by atoms with van der Waals surface area (Å²) in [5.74, 6) is 0.638. The first-order valence-corrected chi connectivity index (χ1v) is 8.44. The summed E-state index contributed by atoms with van der Waals surface area (Å²) >= 11 is 5.81. The predicted octanol–water partition coefficient (Wildman–Crippen LogP) is 2.08. The Bertz CT molecular complexity index is 608. The molecule has 24 heavy (non-hydrogen) atoms. The zero-order chi connectivity index (χ0) is 16.6. The lowest BCUT2D eigenvalue weighted by Gasteiger charge is -2.23. The lowest BCUT2D eigenvalue weighted by molar-refractivity contribution is -0.132. The van der Waals surface area contributed by atoms with Crippen LogP contribution in [0, 0.1) is 11.8 Å². The SMILES string of the molecule is CC(NC(=O)c1ccc(Cl)cc1)C(=O)N1CC2CCC(N)C2C1.Cl. The van der Waals surface area contributed by atoms with Gasteiger partial charge in [-0.1, -0.05) is 11.6 Å².